The summed E-state index contributed by atoms with van der Waals surface area (Å²) in [7, 11) is 0. The number of piperidine rings is 1. The molecule has 1 saturated heterocycles. The van der Waals surface area contributed by atoms with Crippen LogP contribution in [0, 0.1) is 5.82 Å². The Morgan fingerprint density at radius 1 is 1.19 bits per heavy atom. The van der Waals surface area contributed by atoms with Gasteiger partial charge in [-0.05, 0) is 55.2 Å². The van der Waals surface area contributed by atoms with Crippen molar-refractivity contribution < 1.29 is 9.18 Å². The molecule has 3 heterocycles. The van der Waals surface area contributed by atoms with Crippen molar-refractivity contribution >= 4 is 28.5 Å². The molecule has 5 rings (SSSR count). The van der Waals surface area contributed by atoms with Gasteiger partial charge in [0.25, 0.3) is 5.91 Å². The van der Waals surface area contributed by atoms with Gasteiger partial charge in [0.15, 0.2) is 5.69 Å². The lowest BCUT2D eigenvalue weighted by Crippen LogP contribution is -2.39. The maximum atomic E-state index is 13.6. The van der Waals surface area contributed by atoms with E-state index >= 15 is 0 Å². The summed E-state index contributed by atoms with van der Waals surface area (Å²) in [5, 5.41) is 8.89. The molecule has 1 N–H and O–H groups in total. The molecule has 4 aromatic rings. The van der Waals surface area contributed by atoms with E-state index in [1.807, 2.05) is 24.3 Å². The number of hydrogen-bond acceptors (Lipinski definition) is 4. The number of H-pyrrole nitrogens is 1. The van der Waals surface area contributed by atoms with Crippen LogP contribution in [0.4, 0.5) is 4.39 Å². The lowest BCUT2D eigenvalue weighted by molar-refractivity contribution is 0.0595. The molecule has 158 valence electrons. The van der Waals surface area contributed by atoms with Crippen LogP contribution in [0.15, 0.2) is 48.7 Å². The number of aromatic amines is 1. The van der Waals surface area contributed by atoms with E-state index in [1.165, 1.54) is 12.1 Å². The Hall–Kier alpha value is -3.26. The van der Waals surface area contributed by atoms with Gasteiger partial charge in [0.1, 0.15) is 11.6 Å². The van der Waals surface area contributed by atoms with E-state index in [0.29, 0.717) is 40.7 Å². The van der Waals surface area contributed by atoms with Gasteiger partial charge in [0, 0.05) is 11.6 Å². The number of halogens is 2. The van der Waals surface area contributed by atoms with Crippen LogP contribution in [0.2, 0.25) is 5.02 Å². The third-order valence-corrected chi connectivity index (χ3v) is 5.81. The summed E-state index contributed by atoms with van der Waals surface area (Å²) in [5.74, 6) is 0.164. The number of nitrogens with one attached hydrogen (secondary N) is 1. The zero-order valence-corrected chi connectivity index (χ0v) is 17.4. The van der Waals surface area contributed by atoms with Gasteiger partial charge in [-0.1, -0.05) is 28.9 Å². The molecule has 1 aliphatic heterocycles. The molecular weight excluding hydrogens is 419 g/mol. The summed E-state index contributed by atoms with van der Waals surface area (Å²) in [6, 6.07) is 11.7. The molecule has 1 atom stereocenters. The first-order valence-electron chi connectivity index (χ1n) is 10.2. The van der Waals surface area contributed by atoms with Gasteiger partial charge in [-0.3, -0.25) is 4.79 Å². The van der Waals surface area contributed by atoms with Crippen LogP contribution >= 0.6 is 11.6 Å². The van der Waals surface area contributed by atoms with Crippen molar-refractivity contribution in [2.24, 2.45) is 0 Å². The highest BCUT2D eigenvalue weighted by molar-refractivity contribution is 6.30. The molecule has 0 bridgehead atoms. The van der Waals surface area contributed by atoms with Gasteiger partial charge in [0.05, 0.1) is 29.8 Å². The molecule has 9 heteroatoms. The number of benzene rings is 2. The summed E-state index contributed by atoms with van der Waals surface area (Å²) in [4.78, 5) is 22.8. The predicted octanol–water partition coefficient (Wildman–Crippen LogP) is 4.36. The summed E-state index contributed by atoms with van der Waals surface area (Å²) in [5.41, 5.74) is 2.62. The number of hydrogen-bond donors (Lipinski definition) is 1. The minimum Gasteiger partial charge on any atom is -0.340 e. The molecule has 0 radical (unpaired) electrons. The van der Waals surface area contributed by atoms with E-state index in [2.05, 4.69) is 20.3 Å². The fraction of sp³-hybridized carbons (Fsp3) is 0.273. The van der Waals surface area contributed by atoms with Crippen LogP contribution in [0.3, 0.4) is 0 Å². The van der Waals surface area contributed by atoms with Crippen molar-refractivity contribution in [1.82, 2.24) is 29.9 Å². The Bertz CT molecular complexity index is 1230. The average Bonchev–Trinajstić information content (AvgIpc) is 3.41. The summed E-state index contributed by atoms with van der Waals surface area (Å²) >= 11 is 5.93. The minimum absolute atomic E-state index is 0.182. The van der Waals surface area contributed by atoms with Crippen LogP contribution in [-0.2, 0) is 6.54 Å². The van der Waals surface area contributed by atoms with Crippen molar-refractivity contribution in [3.8, 4) is 0 Å². The predicted molar refractivity (Wildman–Crippen MR) is 114 cm³/mol. The topological polar surface area (TPSA) is 79.7 Å². The largest absolute Gasteiger partial charge is 0.340 e. The zero-order chi connectivity index (χ0) is 21.4. The Morgan fingerprint density at radius 3 is 2.87 bits per heavy atom. The molecule has 0 aliphatic carbocycles. The van der Waals surface area contributed by atoms with Crippen LogP contribution in [0.5, 0.6) is 0 Å². The normalized spacial score (nSPS) is 16.7. The molecule has 0 saturated carbocycles. The maximum Gasteiger partial charge on any atom is 0.276 e. The van der Waals surface area contributed by atoms with E-state index in [4.69, 9.17) is 11.6 Å². The van der Waals surface area contributed by atoms with Gasteiger partial charge in [-0.2, -0.15) is 0 Å². The number of rotatable bonds is 4. The number of carbonyl (C=O) groups is 1. The number of carbonyl (C=O) groups excluding carboxylic acids is 1. The second kappa shape index (κ2) is 8.11. The van der Waals surface area contributed by atoms with E-state index in [1.54, 1.807) is 21.8 Å². The van der Waals surface area contributed by atoms with Crippen molar-refractivity contribution in [2.75, 3.05) is 6.54 Å². The molecule has 7 nitrogen and oxygen atoms in total. The highest BCUT2D eigenvalue weighted by atomic mass is 35.5. The van der Waals surface area contributed by atoms with Crippen molar-refractivity contribution in [3.05, 3.63) is 76.6 Å². The Kier molecular flexibility index (Phi) is 5.15. The number of aromatic nitrogens is 5. The first-order valence-corrected chi connectivity index (χ1v) is 10.6. The molecule has 31 heavy (non-hydrogen) atoms. The second-order valence-electron chi connectivity index (χ2n) is 7.72. The lowest BCUT2D eigenvalue weighted by Gasteiger charge is -2.33. The number of likely N-dealkylation sites (tertiary alicyclic amines) is 1. The van der Waals surface area contributed by atoms with Crippen LogP contribution < -0.4 is 0 Å². The fourth-order valence-corrected chi connectivity index (χ4v) is 4.14. The zero-order valence-electron chi connectivity index (χ0n) is 16.6. The number of fused-ring (bicyclic) bond motifs is 1. The minimum atomic E-state index is -0.323. The molecule has 0 unspecified atom stereocenters. The molecule has 2 aromatic heterocycles. The van der Waals surface area contributed by atoms with Crippen LogP contribution in [-0.4, -0.2) is 42.3 Å². The first kappa shape index (κ1) is 19.7. The average molecular weight is 439 g/mol. The molecule has 1 fully saturated rings. The molecular formula is C22H20ClFN6O. The number of imidazole rings is 1. The quantitative estimate of drug-likeness (QED) is 0.513. The highest BCUT2D eigenvalue weighted by Gasteiger charge is 2.32. The van der Waals surface area contributed by atoms with E-state index in [-0.39, 0.29) is 17.8 Å². The van der Waals surface area contributed by atoms with Gasteiger partial charge in [0.2, 0.25) is 0 Å². The summed E-state index contributed by atoms with van der Waals surface area (Å²) < 4.78 is 15.2. The number of amides is 1. The standard InChI is InChI=1S/C22H20ClFN6O/c23-15-6-4-14(5-7-15)12-29-13-19(27-28-29)22(31)30-10-2-1-3-20(30)21-25-17-9-8-16(24)11-18(17)26-21/h4-9,11,13,20H,1-3,10,12H2,(H,25,26)/t20-/m0/s1. The number of nitrogens with zero attached hydrogens (tertiary/aromatic N) is 5. The molecule has 1 amide bonds. The van der Waals surface area contributed by atoms with E-state index in [9.17, 15) is 9.18 Å². The Labute approximate surface area is 182 Å². The highest BCUT2D eigenvalue weighted by Crippen LogP contribution is 2.31. The monoisotopic (exact) mass is 438 g/mol. The summed E-state index contributed by atoms with van der Waals surface area (Å²) in [6.07, 6.45) is 4.35. The molecule has 1 aliphatic rings. The van der Waals surface area contributed by atoms with Crippen molar-refractivity contribution in [3.63, 3.8) is 0 Å². The second-order valence-corrected chi connectivity index (χ2v) is 8.16. The van der Waals surface area contributed by atoms with Gasteiger partial charge < -0.3 is 9.88 Å². The van der Waals surface area contributed by atoms with Crippen LogP contribution in [0.25, 0.3) is 11.0 Å². The SMILES string of the molecule is O=C(c1cn(Cc2ccc(Cl)cc2)nn1)N1CCCC[C@H]1c1nc2ccc(F)cc2[nH]1. The Morgan fingerprint density at radius 2 is 2.03 bits per heavy atom. The third-order valence-electron chi connectivity index (χ3n) is 5.56. The van der Waals surface area contributed by atoms with Gasteiger partial charge in [-0.15, -0.1) is 5.10 Å². The van der Waals surface area contributed by atoms with Gasteiger partial charge >= 0.3 is 0 Å². The third kappa shape index (κ3) is 4.03. The van der Waals surface area contributed by atoms with Crippen molar-refractivity contribution in [1.29, 1.82) is 0 Å². The molecule has 0 spiro atoms. The first-order chi connectivity index (χ1) is 15.1. The fourth-order valence-electron chi connectivity index (χ4n) is 4.02. The van der Waals surface area contributed by atoms with E-state index < -0.39 is 0 Å². The lowest BCUT2D eigenvalue weighted by atomic mass is 10.0. The Balaban J connectivity index is 1.37. The smallest absolute Gasteiger partial charge is 0.276 e. The van der Waals surface area contributed by atoms with E-state index in [0.717, 1.165) is 24.8 Å². The maximum absolute atomic E-state index is 13.6. The molecule has 2 aromatic carbocycles. The van der Waals surface area contributed by atoms with Crippen molar-refractivity contribution in [2.45, 2.75) is 31.8 Å². The van der Waals surface area contributed by atoms with Gasteiger partial charge in [-0.25, -0.2) is 14.1 Å². The van der Waals surface area contributed by atoms with Crippen LogP contribution in [0.1, 0.15) is 47.2 Å². The summed E-state index contributed by atoms with van der Waals surface area (Å²) in [6.45, 7) is 1.11.